The van der Waals surface area contributed by atoms with Crippen LogP contribution in [-0.2, 0) is 9.59 Å². The SMILES string of the molecule is CCCCCCCCCCCCCCCCCCNc1ccc(C(=O)C(C(=O)[O-])C(=O)[O-])cc1. The topological polar surface area (TPSA) is 109 Å². The fraction of sp³-hybridized carbons (Fsp3) is 0.679. The minimum Gasteiger partial charge on any atom is -0.549 e. The molecule has 0 atom stereocenters. The molecule has 0 unspecified atom stereocenters. The molecule has 1 N–H and O–H groups in total. The lowest BCUT2D eigenvalue weighted by Gasteiger charge is -2.17. The number of carboxylic acid groups (broad SMARTS) is 2. The van der Waals surface area contributed by atoms with E-state index in [2.05, 4.69) is 12.2 Å². The molecular formula is C28H43NO5-2. The number of Topliss-reactive ketones (excluding diaryl/α,β-unsaturated/α-hetero) is 1. The molecule has 0 saturated heterocycles. The molecule has 0 bridgehead atoms. The van der Waals surface area contributed by atoms with Crippen molar-refractivity contribution in [3.8, 4) is 0 Å². The van der Waals surface area contributed by atoms with Crippen LogP contribution in [-0.4, -0.2) is 24.3 Å². The van der Waals surface area contributed by atoms with E-state index < -0.39 is 23.6 Å². The molecule has 0 amide bonds. The van der Waals surface area contributed by atoms with Crippen molar-refractivity contribution < 1.29 is 24.6 Å². The molecule has 6 nitrogen and oxygen atoms in total. The maximum atomic E-state index is 12.0. The number of benzene rings is 1. The second kappa shape index (κ2) is 19.0. The van der Waals surface area contributed by atoms with Gasteiger partial charge >= 0.3 is 0 Å². The Balaban J connectivity index is 2.00. The van der Waals surface area contributed by atoms with Gasteiger partial charge < -0.3 is 25.1 Å². The number of nitrogens with one attached hydrogen (secondary N) is 1. The van der Waals surface area contributed by atoms with Gasteiger partial charge in [-0.05, 0) is 30.7 Å². The first-order valence-corrected chi connectivity index (χ1v) is 13.3. The Morgan fingerprint density at radius 2 is 1.03 bits per heavy atom. The second-order valence-electron chi connectivity index (χ2n) is 9.24. The van der Waals surface area contributed by atoms with Gasteiger partial charge in [-0.1, -0.05) is 103 Å². The maximum absolute atomic E-state index is 12.0. The summed E-state index contributed by atoms with van der Waals surface area (Å²) >= 11 is 0. The summed E-state index contributed by atoms with van der Waals surface area (Å²) in [5.41, 5.74) is 0.808. The van der Waals surface area contributed by atoms with Crippen LogP contribution in [0.3, 0.4) is 0 Å². The summed E-state index contributed by atoms with van der Waals surface area (Å²) in [6.07, 6.45) is 21.3. The van der Waals surface area contributed by atoms with Crippen molar-refractivity contribution >= 4 is 23.4 Å². The summed E-state index contributed by atoms with van der Waals surface area (Å²) in [4.78, 5) is 33.7. The van der Waals surface area contributed by atoms with Gasteiger partial charge in [0.25, 0.3) is 0 Å². The molecule has 0 fully saturated rings. The number of unbranched alkanes of at least 4 members (excludes halogenated alkanes) is 15. The molecule has 0 aliphatic carbocycles. The minimum absolute atomic E-state index is 0.00589. The highest BCUT2D eigenvalue weighted by Crippen LogP contribution is 2.15. The zero-order valence-electron chi connectivity index (χ0n) is 20.9. The molecule has 0 heterocycles. The normalized spacial score (nSPS) is 11.0. The summed E-state index contributed by atoms with van der Waals surface area (Å²) < 4.78 is 0. The van der Waals surface area contributed by atoms with E-state index in [1.807, 2.05) is 0 Å². The van der Waals surface area contributed by atoms with Crippen molar-refractivity contribution in [1.82, 2.24) is 0 Å². The Kier molecular flexibility index (Phi) is 16.6. The fourth-order valence-electron chi connectivity index (χ4n) is 4.14. The smallest absolute Gasteiger partial charge is 0.177 e. The average Bonchev–Trinajstić information content (AvgIpc) is 2.81. The second-order valence-corrected chi connectivity index (χ2v) is 9.24. The third-order valence-electron chi connectivity index (χ3n) is 6.26. The molecule has 0 spiro atoms. The van der Waals surface area contributed by atoms with E-state index in [0.717, 1.165) is 18.7 Å². The summed E-state index contributed by atoms with van der Waals surface area (Å²) in [6, 6.07) is 6.11. The average molecular weight is 474 g/mol. The number of ketones is 1. The van der Waals surface area contributed by atoms with E-state index in [1.165, 1.54) is 108 Å². The molecule has 192 valence electrons. The fourth-order valence-corrected chi connectivity index (χ4v) is 4.14. The maximum Gasteiger partial charge on any atom is 0.177 e. The van der Waals surface area contributed by atoms with Gasteiger partial charge in [0.15, 0.2) is 5.78 Å². The molecule has 0 saturated carbocycles. The van der Waals surface area contributed by atoms with Crippen LogP contribution in [0.1, 0.15) is 120 Å². The van der Waals surface area contributed by atoms with Gasteiger partial charge in [-0.3, -0.25) is 4.79 Å². The lowest BCUT2D eigenvalue weighted by atomic mass is 9.97. The van der Waals surface area contributed by atoms with E-state index >= 15 is 0 Å². The van der Waals surface area contributed by atoms with E-state index in [0.29, 0.717) is 0 Å². The predicted molar refractivity (Wildman–Crippen MR) is 132 cm³/mol. The van der Waals surface area contributed by atoms with Crippen LogP contribution in [0.5, 0.6) is 0 Å². The molecule has 0 aliphatic rings. The Hall–Kier alpha value is -2.37. The first kappa shape index (κ1) is 29.7. The molecule has 0 aliphatic heterocycles. The number of carboxylic acids is 2. The van der Waals surface area contributed by atoms with Crippen LogP contribution >= 0.6 is 0 Å². The van der Waals surface area contributed by atoms with Crippen molar-refractivity contribution in [3.05, 3.63) is 29.8 Å². The Bertz CT molecular complexity index is 687. The summed E-state index contributed by atoms with van der Waals surface area (Å²) in [6.45, 7) is 3.07. The molecule has 34 heavy (non-hydrogen) atoms. The highest BCUT2D eigenvalue weighted by Gasteiger charge is 2.22. The molecule has 1 aromatic carbocycles. The number of rotatable bonds is 22. The van der Waals surface area contributed by atoms with Crippen molar-refractivity contribution in [2.24, 2.45) is 5.92 Å². The lowest BCUT2D eigenvalue weighted by Crippen LogP contribution is -2.47. The molecule has 1 aromatic rings. The largest absolute Gasteiger partial charge is 0.549 e. The number of hydrogen-bond donors (Lipinski definition) is 1. The van der Waals surface area contributed by atoms with E-state index in [4.69, 9.17) is 0 Å². The quantitative estimate of drug-likeness (QED) is 0.149. The number of carbonyl (C=O) groups is 3. The molecule has 0 radical (unpaired) electrons. The zero-order valence-corrected chi connectivity index (χ0v) is 20.9. The van der Waals surface area contributed by atoms with Gasteiger partial charge in [0, 0.05) is 17.8 Å². The van der Waals surface area contributed by atoms with Crippen LogP contribution in [0.15, 0.2) is 24.3 Å². The van der Waals surface area contributed by atoms with Crippen molar-refractivity contribution in [1.29, 1.82) is 0 Å². The summed E-state index contributed by atoms with van der Waals surface area (Å²) in [5, 5.41) is 24.9. The minimum atomic E-state index is -2.29. The zero-order chi connectivity index (χ0) is 25.0. The predicted octanol–water partition coefficient (Wildman–Crippen LogP) is 4.66. The van der Waals surface area contributed by atoms with E-state index in [1.54, 1.807) is 12.1 Å². The van der Waals surface area contributed by atoms with Gasteiger partial charge in [0.05, 0.1) is 11.9 Å². The molecule has 6 heteroatoms. The number of aliphatic carboxylic acids is 2. The third-order valence-corrected chi connectivity index (χ3v) is 6.26. The highest BCUT2D eigenvalue weighted by molar-refractivity contribution is 6.19. The Morgan fingerprint density at radius 1 is 0.647 bits per heavy atom. The van der Waals surface area contributed by atoms with Gasteiger partial charge in [0.2, 0.25) is 0 Å². The lowest BCUT2D eigenvalue weighted by molar-refractivity contribution is -0.328. The molecule has 0 aromatic heterocycles. The summed E-state index contributed by atoms with van der Waals surface area (Å²) in [5.74, 6) is -7.25. The Labute approximate surface area is 205 Å². The van der Waals surface area contributed by atoms with Crippen LogP contribution in [0.4, 0.5) is 5.69 Å². The van der Waals surface area contributed by atoms with Gasteiger partial charge in [-0.25, -0.2) is 0 Å². The molecular weight excluding hydrogens is 430 g/mol. The Morgan fingerprint density at radius 3 is 1.41 bits per heavy atom. The van der Waals surface area contributed by atoms with Crippen LogP contribution in [0.2, 0.25) is 0 Å². The van der Waals surface area contributed by atoms with Crippen molar-refractivity contribution in [3.63, 3.8) is 0 Å². The molecule has 1 rings (SSSR count). The standard InChI is InChI=1S/C28H45NO5/c1-2-3-4-5-6-7-8-9-10-11-12-13-14-15-16-17-22-29-24-20-18-23(19-21-24)26(30)25(27(31)32)28(33)34/h18-21,25,29H,2-17,22H2,1H3,(H,31,32)(H,33,34)/p-2. The van der Waals surface area contributed by atoms with Gasteiger partial charge in [-0.2, -0.15) is 0 Å². The number of anilines is 1. The summed E-state index contributed by atoms with van der Waals surface area (Å²) in [7, 11) is 0. The van der Waals surface area contributed by atoms with Crippen LogP contribution < -0.4 is 15.5 Å². The first-order chi connectivity index (χ1) is 16.5. The third kappa shape index (κ3) is 13.4. The van der Waals surface area contributed by atoms with Crippen LogP contribution in [0.25, 0.3) is 0 Å². The highest BCUT2D eigenvalue weighted by atomic mass is 16.4. The van der Waals surface area contributed by atoms with Crippen molar-refractivity contribution in [2.45, 2.75) is 110 Å². The number of carbonyl (C=O) groups excluding carboxylic acids is 3. The monoisotopic (exact) mass is 473 g/mol. The van der Waals surface area contributed by atoms with Gasteiger partial charge in [0.1, 0.15) is 5.92 Å². The van der Waals surface area contributed by atoms with Crippen molar-refractivity contribution in [2.75, 3.05) is 11.9 Å². The first-order valence-electron chi connectivity index (χ1n) is 13.3. The van der Waals surface area contributed by atoms with Gasteiger partial charge in [-0.15, -0.1) is 0 Å². The van der Waals surface area contributed by atoms with E-state index in [-0.39, 0.29) is 5.56 Å². The number of hydrogen-bond acceptors (Lipinski definition) is 6. The van der Waals surface area contributed by atoms with E-state index in [9.17, 15) is 24.6 Å². The van der Waals surface area contributed by atoms with Crippen LogP contribution in [0, 0.1) is 5.92 Å².